The zero-order chi connectivity index (χ0) is 57.8. The van der Waals surface area contributed by atoms with Gasteiger partial charge in [0, 0.05) is 70.8 Å². The van der Waals surface area contributed by atoms with Crippen LogP contribution >= 0.6 is 0 Å². The lowest BCUT2D eigenvalue weighted by molar-refractivity contribution is -0.660. The van der Waals surface area contributed by atoms with Crippen LogP contribution in [-0.2, 0) is 40.0 Å². The molecule has 0 fully saturated rings. The Morgan fingerprint density at radius 3 is 1.03 bits per heavy atom. The highest BCUT2D eigenvalue weighted by atomic mass is 14.9. The maximum atomic E-state index is 2.37. The van der Waals surface area contributed by atoms with Gasteiger partial charge in [0.25, 0.3) is 0 Å². The summed E-state index contributed by atoms with van der Waals surface area (Å²) in [6.07, 6.45) is 13.3. The van der Waals surface area contributed by atoms with Crippen LogP contribution in [0.4, 0.5) is 0 Å². The molecule has 1 unspecified atom stereocenters. The quantitative estimate of drug-likeness (QED) is 0.121. The molecule has 0 spiro atoms. The summed E-state index contributed by atoms with van der Waals surface area (Å²) in [6.45, 7) is 40.2. The van der Waals surface area contributed by atoms with Gasteiger partial charge >= 0.3 is 0 Å². The largest absolute Gasteiger partial charge is 0.212 e. The van der Waals surface area contributed by atoms with Gasteiger partial charge in [-0.05, 0) is 195 Å². The molecule has 412 valence electrons. The second-order valence-corrected chi connectivity index (χ2v) is 24.9. The molecule has 0 aliphatic rings. The van der Waals surface area contributed by atoms with E-state index in [1.54, 1.807) is 0 Å². The van der Waals surface area contributed by atoms with Gasteiger partial charge in [-0.3, -0.25) is 0 Å². The monoisotopic (exact) mass is 1040 g/mol. The first-order valence-corrected chi connectivity index (χ1v) is 28.9. The molecule has 1 atom stereocenters. The van der Waals surface area contributed by atoms with Gasteiger partial charge in [-0.15, -0.1) is 0 Å². The van der Waals surface area contributed by atoms with Crippen LogP contribution in [0.3, 0.4) is 0 Å². The van der Waals surface area contributed by atoms with Crippen molar-refractivity contribution in [2.24, 2.45) is 33.6 Å². The Kier molecular flexibility index (Phi) is 21.9. The lowest BCUT2D eigenvalue weighted by Gasteiger charge is -2.20. The molecule has 8 aromatic rings. The molecule has 0 bridgehead atoms. The van der Waals surface area contributed by atoms with Crippen molar-refractivity contribution in [2.45, 2.75) is 168 Å². The molecule has 0 aliphatic heterocycles. The third kappa shape index (κ3) is 17.0. The van der Waals surface area contributed by atoms with Crippen LogP contribution in [0.2, 0.25) is 0 Å². The Morgan fingerprint density at radius 2 is 0.705 bits per heavy atom. The molecule has 0 radical (unpaired) electrons. The number of aryl methyl sites for hydroxylation is 12. The Balaban J connectivity index is 0.000000192. The predicted octanol–water partition coefficient (Wildman–Crippen LogP) is 17.5. The van der Waals surface area contributed by atoms with Crippen LogP contribution in [0.25, 0.3) is 45.0 Å². The molecule has 0 N–H and O–H groups in total. The van der Waals surface area contributed by atoms with E-state index in [1.807, 2.05) is 0 Å². The van der Waals surface area contributed by atoms with E-state index in [-0.39, 0.29) is 5.41 Å². The van der Waals surface area contributed by atoms with Crippen molar-refractivity contribution in [3.05, 3.63) is 213 Å². The Morgan fingerprint density at radius 1 is 0.372 bits per heavy atom. The summed E-state index contributed by atoms with van der Waals surface area (Å²) in [6, 6.07) is 45.2. The maximum absolute atomic E-state index is 2.37. The predicted molar refractivity (Wildman–Crippen MR) is 334 cm³/mol. The molecule has 0 amide bonds. The fourth-order valence-electron chi connectivity index (χ4n) is 10.4. The van der Waals surface area contributed by atoms with E-state index in [9.17, 15) is 0 Å². The van der Waals surface area contributed by atoms with E-state index in [0.717, 1.165) is 6.42 Å². The van der Waals surface area contributed by atoms with Crippen molar-refractivity contribution < 1.29 is 18.3 Å². The minimum atomic E-state index is 0.206. The van der Waals surface area contributed by atoms with Gasteiger partial charge in [0.15, 0.2) is 24.8 Å². The van der Waals surface area contributed by atoms with Crippen molar-refractivity contribution in [3.63, 3.8) is 0 Å². The number of hydrogen-bond acceptors (Lipinski definition) is 0. The van der Waals surface area contributed by atoms with Crippen molar-refractivity contribution in [2.75, 3.05) is 0 Å². The molecule has 8 rings (SSSR count). The second-order valence-electron chi connectivity index (χ2n) is 24.9. The van der Waals surface area contributed by atoms with E-state index in [2.05, 4.69) is 317 Å². The standard InChI is InChI=1S/2C19H26N.2C18H24N/c1-14-9-10-20(6)18(11-14)17-8-7-16(12-15(17)2)13-19(3,4)5;1-6-16(7-2)17-8-9-18(15(4)13-17)19-12-14(3)10-11-20(19)5;1-13-9-10-19(6)17(11-13)16-8-7-15(12-14(16)2)18(3,4)5;1-6-14(3)16-7-8-17(15(4)12-16)18-11-13(2)9-10-19(18)5/h7-12H,13H2,1-6H3;8-13,16H,6-7H2,1-5H3;7-12H,1-6H3;7-12,14H,6H2,1-5H3/q4*+1. The van der Waals surface area contributed by atoms with Crippen molar-refractivity contribution in [1.29, 1.82) is 0 Å². The Bertz CT molecular complexity index is 3280. The first-order chi connectivity index (χ1) is 36.6. The minimum absolute atomic E-state index is 0.206. The fraction of sp³-hybridized carbons (Fsp3) is 0.405. The smallest absolute Gasteiger partial charge is 0.201 e. The van der Waals surface area contributed by atoms with E-state index < -0.39 is 0 Å². The first kappa shape index (κ1) is 62.3. The van der Waals surface area contributed by atoms with Gasteiger partial charge in [0.1, 0.15) is 28.2 Å². The average molecular weight is 1050 g/mol. The zero-order valence-electron chi connectivity index (χ0n) is 52.6. The molecule has 4 aromatic heterocycles. The lowest BCUT2D eigenvalue weighted by atomic mass is 9.85. The molecule has 0 saturated heterocycles. The molecule has 4 aromatic carbocycles. The molecular weight excluding hydrogens is 945 g/mol. The Labute approximate surface area is 475 Å². The van der Waals surface area contributed by atoms with Crippen LogP contribution in [0, 0.1) is 60.8 Å². The summed E-state index contributed by atoms with van der Waals surface area (Å²) in [7, 11) is 8.43. The van der Waals surface area contributed by atoms with Crippen molar-refractivity contribution in [3.8, 4) is 45.0 Å². The van der Waals surface area contributed by atoms with Gasteiger partial charge in [-0.2, -0.15) is 0 Å². The molecule has 78 heavy (non-hydrogen) atoms. The summed E-state index contributed by atoms with van der Waals surface area (Å²) in [5, 5.41) is 0. The third-order valence-corrected chi connectivity index (χ3v) is 15.6. The third-order valence-electron chi connectivity index (χ3n) is 15.6. The molecule has 4 heteroatoms. The number of benzene rings is 4. The number of rotatable bonds is 10. The topological polar surface area (TPSA) is 15.5 Å². The average Bonchev–Trinajstić information content (AvgIpc) is 3.38. The molecule has 0 saturated carbocycles. The van der Waals surface area contributed by atoms with Crippen molar-refractivity contribution in [1.82, 2.24) is 0 Å². The van der Waals surface area contributed by atoms with E-state index >= 15 is 0 Å². The van der Waals surface area contributed by atoms with Gasteiger partial charge in [0.2, 0.25) is 22.8 Å². The SMILES string of the molecule is CCC(C)c1ccc(-c2cc(C)cc[n+]2C)c(C)c1.CCC(CC)c1ccc(-c2cc(C)cc[n+]2C)c(C)c1.Cc1cc[n+](C)c(-c2ccc(C(C)(C)C)cc2C)c1.Cc1cc[n+](C)c(-c2ccc(CC(C)(C)C)cc2C)c1. The van der Waals surface area contributed by atoms with Crippen LogP contribution in [0.1, 0.15) is 167 Å². The van der Waals surface area contributed by atoms with E-state index in [4.69, 9.17) is 0 Å². The highest BCUT2D eigenvalue weighted by Crippen LogP contribution is 2.32. The van der Waals surface area contributed by atoms with Gasteiger partial charge in [0.05, 0.1) is 0 Å². The summed E-state index contributed by atoms with van der Waals surface area (Å²) >= 11 is 0. The van der Waals surface area contributed by atoms with Crippen LogP contribution in [0.5, 0.6) is 0 Å². The normalized spacial score (nSPS) is 11.7. The Hall–Kier alpha value is -6.52. The number of hydrogen-bond donors (Lipinski definition) is 0. The number of pyridine rings is 4. The number of nitrogens with zero attached hydrogens (tertiary/aromatic N) is 4. The first-order valence-electron chi connectivity index (χ1n) is 28.9. The fourth-order valence-corrected chi connectivity index (χ4v) is 10.4. The number of aromatic nitrogens is 4. The maximum Gasteiger partial charge on any atom is 0.212 e. The van der Waals surface area contributed by atoms with Crippen LogP contribution in [-0.4, -0.2) is 0 Å². The van der Waals surface area contributed by atoms with Gasteiger partial charge in [-0.25, -0.2) is 18.3 Å². The highest BCUT2D eigenvalue weighted by molar-refractivity contribution is 5.65. The summed E-state index contributed by atoms with van der Waals surface area (Å²) < 4.78 is 8.77. The zero-order valence-corrected chi connectivity index (χ0v) is 52.6. The summed E-state index contributed by atoms with van der Waals surface area (Å²) in [5.74, 6) is 1.33. The van der Waals surface area contributed by atoms with E-state index in [0.29, 0.717) is 17.3 Å². The highest BCUT2D eigenvalue weighted by Gasteiger charge is 2.20. The van der Waals surface area contributed by atoms with Crippen molar-refractivity contribution >= 4 is 0 Å². The molecular formula is C74H100N4+4. The summed E-state index contributed by atoms with van der Waals surface area (Å²) in [4.78, 5) is 0. The summed E-state index contributed by atoms with van der Waals surface area (Å²) in [5.41, 5.74) is 27.4. The lowest BCUT2D eigenvalue weighted by Crippen LogP contribution is -2.30. The van der Waals surface area contributed by atoms with Gasteiger partial charge in [-0.1, -0.05) is 118 Å². The molecule has 4 heterocycles. The van der Waals surface area contributed by atoms with Crippen LogP contribution < -0.4 is 18.3 Å². The second kappa shape index (κ2) is 27.4. The van der Waals surface area contributed by atoms with Gasteiger partial charge < -0.3 is 0 Å². The van der Waals surface area contributed by atoms with Crippen LogP contribution in [0.15, 0.2) is 146 Å². The van der Waals surface area contributed by atoms with E-state index in [1.165, 1.54) is 131 Å². The molecule has 0 aliphatic carbocycles. The molecule has 4 nitrogen and oxygen atoms in total. The minimum Gasteiger partial charge on any atom is -0.201 e.